The predicted molar refractivity (Wildman–Crippen MR) is 97.4 cm³/mol. The van der Waals surface area contributed by atoms with Crippen LogP contribution >= 0.6 is 0 Å². The van der Waals surface area contributed by atoms with E-state index in [9.17, 15) is 4.79 Å². The SMILES string of the molecule is Cc1cc(C)n(Cc2cccc(NC(=O)CCc3cnn(C)c3)c2)n1. The number of aryl methyl sites for hydroxylation is 4. The lowest BCUT2D eigenvalue weighted by Gasteiger charge is -2.09. The molecule has 6 heteroatoms. The topological polar surface area (TPSA) is 64.7 Å². The molecule has 0 atom stereocenters. The number of hydrogen-bond donors (Lipinski definition) is 1. The second kappa shape index (κ2) is 7.34. The van der Waals surface area contributed by atoms with Crippen molar-refractivity contribution in [3.63, 3.8) is 0 Å². The Hall–Kier alpha value is -2.89. The van der Waals surface area contributed by atoms with Crippen LogP contribution in [-0.4, -0.2) is 25.5 Å². The Morgan fingerprint density at radius 1 is 1.20 bits per heavy atom. The van der Waals surface area contributed by atoms with Gasteiger partial charge in [0.2, 0.25) is 5.91 Å². The minimum Gasteiger partial charge on any atom is -0.326 e. The smallest absolute Gasteiger partial charge is 0.224 e. The molecule has 0 spiro atoms. The van der Waals surface area contributed by atoms with Gasteiger partial charge in [0.25, 0.3) is 0 Å². The number of nitrogens with one attached hydrogen (secondary N) is 1. The van der Waals surface area contributed by atoms with Gasteiger partial charge in [-0.25, -0.2) is 0 Å². The Morgan fingerprint density at radius 3 is 2.72 bits per heavy atom. The molecule has 0 fully saturated rings. The van der Waals surface area contributed by atoms with Crippen molar-refractivity contribution in [2.45, 2.75) is 33.2 Å². The number of carbonyl (C=O) groups is 1. The molecule has 6 nitrogen and oxygen atoms in total. The maximum atomic E-state index is 12.2. The number of carbonyl (C=O) groups excluding carboxylic acids is 1. The summed E-state index contributed by atoms with van der Waals surface area (Å²) in [7, 11) is 1.87. The molecule has 0 bridgehead atoms. The number of hydrogen-bond acceptors (Lipinski definition) is 3. The molecule has 130 valence electrons. The Morgan fingerprint density at radius 2 is 2.04 bits per heavy atom. The summed E-state index contributed by atoms with van der Waals surface area (Å²) >= 11 is 0. The van der Waals surface area contributed by atoms with Crippen LogP contribution in [0.25, 0.3) is 0 Å². The van der Waals surface area contributed by atoms with Crippen LogP contribution in [0.5, 0.6) is 0 Å². The van der Waals surface area contributed by atoms with Crippen LogP contribution in [0.2, 0.25) is 0 Å². The van der Waals surface area contributed by atoms with Crippen molar-refractivity contribution in [1.82, 2.24) is 19.6 Å². The van der Waals surface area contributed by atoms with Gasteiger partial charge in [0.1, 0.15) is 0 Å². The Labute approximate surface area is 147 Å². The van der Waals surface area contributed by atoms with E-state index in [1.807, 2.05) is 56.0 Å². The first-order chi connectivity index (χ1) is 12.0. The Balaban J connectivity index is 1.59. The van der Waals surface area contributed by atoms with Crippen LogP contribution in [0.1, 0.15) is 28.9 Å². The average molecular weight is 337 g/mol. The molecule has 1 aromatic carbocycles. The molecule has 2 aromatic heterocycles. The lowest BCUT2D eigenvalue weighted by molar-refractivity contribution is -0.116. The maximum Gasteiger partial charge on any atom is 0.224 e. The second-order valence-electron chi connectivity index (χ2n) is 6.36. The second-order valence-corrected chi connectivity index (χ2v) is 6.36. The summed E-state index contributed by atoms with van der Waals surface area (Å²) in [5.41, 5.74) is 5.13. The molecular formula is C19H23N5O. The van der Waals surface area contributed by atoms with E-state index >= 15 is 0 Å². The van der Waals surface area contributed by atoms with E-state index in [1.165, 1.54) is 0 Å². The van der Waals surface area contributed by atoms with Crippen LogP contribution in [0.15, 0.2) is 42.7 Å². The highest BCUT2D eigenvalue weighted by atomic mass is 16.1. The predicted octanol–water partition coefficient (Wildman–Crippen LogP) is 2.85. The molecule has 0 aliphatic heterocycles. The van der Waals surface area contributed by atoms with E-state index < -0.39 is 0 Å². The van der Waals surface area contributed by atoms with Gasteiger partial charge in [-0.1, -0.05) is 12.1 Å². The number of nitrogens with zero attached hydrogens (tertiary/aromatic N) is 4. The summed E-state index contributed by atoms with van der Waals surface area (Å²) in [4.78, 5) is 12.2. The number of aromatic nitrogens is 4. The van der Waals surface area contributed by atoms with Gasteiger partial charge in [0, 0.05) is 31.0 Å². The largest absolute Gasteiger partial charge is 0.326 e. The molecule has 0 saturated carbocycles. The van der Waals surface area contributed by atoms with Gasteiger partial charge in [-0.3, -0.25) is 14.2 Å². The number of amides is 1. The summed E-state index contributed by atoms with van der Waals surface area (Å²) in [6, 6.07) is 9.97. The van der Waals surface area contributed by atoms with Gasteiger partial charge in [-0.2, -0.15) is 10.2 Å². The number of benzene rings is 1. The van der Waals surface area contributed by atoms with Crippen LogP contribution in [0.4, 0.5) is 5.69 Å². The van der Waals surface area contributed by atoms with Gasteiger partial charge in [0.15, 0.2) is 0 Å². The van der Waals surface area contributed by atoms with Crippen molar-refractivity contribution in [3.8, 4) is 0 Å². The third kappa shape index (κ3) is 4.56. The monoisotopic (exact) mass is 337 g/mol. The van der Waals surface area contributed by atoms with Crippen LogP contribution in [0.3, 0.4) is 0 Å². The van der Waals surface area contributed by atoms with Crippen molar-refractivity contribution >= 4 is 11.6 Å². The molecule has 0 aliphatic carbocycles. The van der Waals surface area contributed by atoms with Gasteiger partial charge in [0.05, 0.1) is 18.4 Å². The third-order valence-electron chi connectivity index (χ3n) is 4.05. The first kappa shape index (κ1) is 17.0. The molecule has 3 rings (SSSR count). The zero-order valence-electron chi connectivity index (χ0n) is 14.9. The first-order valence-corrected chi connectivity index (χ1v) is 8.37. The highest BCUT2D eigenvalue weighted by Crippen LogP contribution is 2.14. The average Bonchev–Trinajstić information content (AvgIpc) is 3.11. The minimum atomic E-state index is 0.00659. The first-order valence-electron chi connectivity index (χ1n) is 8.37. The van der Waals surface area contributed by atoms with Crippen molar-refractivity contribution in [2.24, 2.45) is 7.05 Å². The molecule has 0 unspecified atom stereocenters. The van der Waals surface area contributed by atoms with Crippen LogP contribution in [0, 0.1) is 13.8 Å². The summed E-state index contributed by atoms with van der Waals surface area (Å²) in [6.07, 6.45) is 4.85. The van der Waals surface area contributed by atoms with Crippen molar-refractivity contribution in [3.05, 3.63) is 65.2 Å². The summed E-state index contributed by atoms with van der Waals surface area (Å²) in [5, 5.41) is 11.6. The van der Waals surface area contributed by atoms with Crippen LogP contribution in [-0.2, 0) is 24.8 Å². The molecule has 0 saturated heterocycles. The standard InChI is InChI=1S/C19H23N5O/c1-14-9-15(2)24(22-14)13-16-5-4-6-18(10-16)21-19(25)8-7-17-11-20-23(3)12-17/h4-6,9-12H,7-8,13H2,1-3H3,(H,21,25). The van der Waals surface area contributed by atoms with E-state index in [4.69, 9.17) is 0 Å². The zero-order chi connectivity index (χ0) is 17.8. The number of anilines is 1. The molecule has 0 radical (unpaired) electrons. The van der Waals surface area contributed by atoms with Gasteiger partial charge >= 0.3 is 0 Å². The molecule has 2 heterocycles. The highest BCUT2D eigenvalue weighted by Gasteiger charge is 2.06. The van der Waals surface area contributed by atoms with Crippen LogP contribution < -0.4 is 5.32 Å². The highest BCUT2D eigenvalue weighted by molar-refractivity contribution is 5.90. The molecular weight excluding hydrogens is 314 g/mol. The van der Waals surface area contributed by atoms with E-state index in [0.717, 1.165) is 28.2 Å². The zero-order valence-corrected chi connectivity index (χ0v) is 14.9. The van der Waals surface area contributed by atoms with Gasteiger partial charge in [-0.15, -0.1) is 0 Å². The van der Waals surface area contributed by atoms with E-state index in [1.54, 1.807) is 10.9 Å². The summed E-state index contributed by atoms with van der Waals surface area (Å²) in [6.45, 7) is 4.73. The summed E-state index contributed by atoms with van der Waals surface area (Å²) in [5.74, 6) is 0.00659. The number of rotatable bonds is 6. The van der Waals surface area contributed by atoms with E-state index in [0.29, 0.717) is 19.4 Å². The van der Waals surface area contributed by atoms with Crippen molar-refractivity contribution in [2.75, 3.05) is 5.32 Å². The molecule has 0 aliphatic rings. The summed E-state index contributed by atoms with van der Waals surface area (Å²) < 4.78 is 3.72. The van der Waals surface area contributed by atoms with Gasteiger partial charge < -0.3 is 5.32 Å². The minimum absolute atomic E-state index is 0.00659. The molecule has 1 N–H and O–H groups in total. The third-order valence-corrected chi connectivity index (χ3v) is 4.05. The fourth-order valence-corrected chi connectivity index (χ4v) is 2.84. The van der Waals surface area contributed by atoms with E-state index in [2.05, 4.69) is 21.6 Å². The van der Waals surface area contributed by atoms with Gasteiger partial charge in [-0.05, 0) is 49.6 Å². The van der Waals surface area contributed by atoms with Crippen molar-refractivity contribution in [1.29, 1.82) is 0 Å². The van der Waals surface area contributed by atoms with Crippen molar-refractivity contribution < 1.29 is 4.79 Å². The molecule has 3 aromatic rings. The Bertz CT molecular complexity index is 878. The Kier molecular flexibility index (Phi) is 4.97. The quantitative estimate of drug-likeness (QED) is 0.752. The molecule has 1 amide bonds. The fraction of sp³-hybridized carbons (Fsp3) is 0.316. The fourth-order valence-electron chi connectivity index (χ4n) is 2.84. The lowest BCUT2D eigenvalue weighted by atomic mass is 10.1. The molecule has 25 heavy (non-hydrogen) atoms. The normalized spacial score (nSPS) is 10.8. The lowest BCUT2D eigenvalue weighted by Crippen LogP contribution is -2.12. The maximum absolute atomic E-state index is 12.2. The van der Waals surface area contributed by atoms with E-state index in [-0.39, 0.29) is 5.91 Å².